The number of morpholine rings is 1. The van der Waals surface area contributed by atoms with Crippen LogP contribution in [-0.4, -0.2) is 87.3 Å². The summed E-state index contributed by atoms with van der Waals surface area (Å²) in [6.07, 6.45) is 2.31. The van der Waals surface area contributed by atoms with Crippen molar-refractivity contribution in [3.63, 3.8) is 0 Å². The van der Waals surface area contributed by atoms with E-state index in [4.69, 9.17) is 4.74 Å². The first-order valence-electron chi connectivity index (χ1n) is 9.98. The molecule has 0 aromatic carbocycles. The van der Waals surface area contributed by atoms with E-state index in [2.05, 4.69) is 25.5 Å². The van der Waals surface area contributed by atoms with E-state index >= 15 is 0 Å². The maximum absolute atomic E-state index is 12.3. The molecule has 0 radical (unpaired) electrons. The Morgan fingerprint density at radius 3 is 2.52 bits per heavy atom. The summed E-state index contributed by atoms with van der Waals surface area (Å²) < 4.78 is 29.9. The van der Waals surface area contributed by atoms with E-state index < -0.39 is 10.0 Å². The Balaban J connectivity index is 1.42. The van der Waals surface area contributed by atoms with Crippen LogP contribution in [0.3, 0.4) is 0 Å². The monoisotopic (exact) mass is 426 g/mol. The van der Waals surface area contributed by atoms with Crippen molar-refractivity contribution in [1.29, 1.82) is 0 Å². The molecule has 29 heavy (non-hydrogen) atoms. The highest BCUT2D eigenvalue weighted by molar-refractivity contribution is 7.88. The van der Waals surface area contributed by atoms with Crippen LogP contribution < -0.4 is 15.5 Å². The molecule has 3 rings (SSSR count). The molecule has 3 heterocycles. The van der Waals surface area contributed by atoms with Crippen molar-refractivity contribution >= 4 is 27.7 Å². The lowest BCUT2D eigenvalue weighted by atomic mass is 9.97. The Hall–Kier alpha value is -1.98. The fourth-order valence-electron chi connectivity index (χ4n) is 3.54. The van der Waals surface area contributed by atoms with Crippen LogP contribution in [0.4, 0.5) is 11.8 Å². The molecular weight excluding hydrogens is 396 g/mol. The predicted molar refractivity (Wildman–Crippen MR) is 110 cm³/mol. The van der Waals surface area contributed by atoms with Gasteiger partial charge in [-0.3, -0.25) is 4.79 Å². The Morgan fingerprint density at radius 2 is 1.86 bits per heavy atom. The van der Waals surface area contributed by atoms with Crippen molar-refractivity contribution in [3.8, 4) is 0 Å². The highest BCUT2D eigenvalue weighted by Crippen LogP contribution is 2.19. The van der Waals surface area contributed by atoms with Gasteiger partial charge in [-0.05, 0) is 19.8 Å². The molecule has 2 aliphatic heterocycles. The van der Waals surface area contributed by atoms with Crippen LogP contribution >= 0.6 is 0 Å². The number of piperidine rings is 1. The predicted octanol–water partition coefficient (Wildman–Crippen LogP) is -0.179. The van der Waals surface area contributed by atoms with Crippen LogP contribution in [-0.2, 0) is 19.6 Å². The zero-order chi connectivity index (χ0) is 20.9. The first-order chi connectivity index (χ1) is 13.8. The Bertz CT molecular complexity index is 805. The number of anilines is 2. The average molecular weight is 427 g/mol. The number of ether oxygens (including phenoxy) is 1. The van der Waals surface area contributed by atoms with Crippen LogP contribution in [0.1, 0.15) is 18.5 Å². The van der Waals surface area contributed by atoms with E-state index in [1.807, 2.05) is 13.0 Å². The third-order valence-corrected chi connectivity index (χ3v) is 6.48. The summed E-state index contributed by atoms with van der Waals surface area (Å²) >= 11 is 0. The number of hydrogen-bond acceptors (Lipinski definition) is 8. The van der Waals surface area contributed by atoms with Gasteiger partial charge in [0.1, 0.15) is 5.82 Å². The molecule has 2 N–H and O–H groups in total. The number of carbonyl (C=O) groups is 1. The van der Waals surface area contributed by atoms with Crippen molar-refractivity contribution in [2.24, 2.45) is 5.92 Å². The number of nitrogens with one attached hydrogen (secondary N) is 2. The van der Waals surface area contributed by atoms with Crippen molar-refractivity contribution in [2.45, 2.75) is 19.8 Å². The van der Waals surface area contributed by atoms with E-state index in [-0.39, 0.29) is 11.8 Å². The lowest BCUT2D eigenvalue weighted by Crippen LogP contribution is -2.43. The van der Waals surface area contributed by atoms with Gasteiger partial charge in [0, 0.05) is 56.9 Å². The summed E-state index contributed by atoms with van der Waals surface area (Å²) in [5.74, 6) is 1.25. The van der Waals surface area contributed by atoms with Gasteiger partial charge in [-0.2, -0.15) is 4.98 Å². The van der Waals surface area contributed by atoms with Gasteiger partial charge < -0.3 is 20.3 Å². The molecule has 0 saturated carbocycles. The highest BCUT2D eigenvalue weighted by atomic mass is 32.2. The summed E-state index contributed by atoms with van der Waals surface area (Å²) in [7, 11) is -3.17. The summed E-state index contributed by atoms with van der Waals surface area (Å²) in [6, 6.07) is 1.96. The largest absolute Gasteiger partial charge is 0.378 e. The normalized spacial score (nSPS) is 19.2. The van der Waals surface area contributed by atoms with Gasteiger partial charge in [-0.25, -0.2) is 17.7 Å². The second kappa shape index (κ2) is 9.68. The molecule has 2 saturated heterocycles. The molecule has 1 amide bonds. The molecule has 0 atom stereocenters. The Labute approximate surface area is 172 Å². The van der Waals surface area contributed by atoms with Gasteiger partial charge in [0.05, 0.1) is 19.5 Å². The minimum atomic E-state index is -3.17. The van der Waals surface area contributed by atoms with Gasteiger partial charge in [0.2, 0.25) is 21.9 Å². The number of carbonyl (C=O) groups excluding carboxylic acids is 1. The number of amides is 1. The van der Waals surface area contributed by atoms with Crippen molar-refractivity contribution in [1.82, 2.24) is 19.6 Å². The summed E-state index contributed by atoms with van der Waals surface area (Å²) in [5, 5.41) is 6.08. The topological polar surface area (TPSA) is 117 Å². The first kappa shape index (κ1) is 21.7. The van der Waals surface area contributed by atoms with E-state index in [1.165, 1.54) is 10.6 Å². The number of rotatable bonds is 7. The average Bonchev–Trinajstić information content (AvgIpc) is 2.71. The first-order valence-corrected chi connectivity index (χ1v) is 11.8. The number of nitrogens with zero attached hydrogens (tertiary/aromatic N) is 4. The third kappa shape index (κ3) is 6.25. The maximum atomic E-state index is 12.3. The molecule has 2 aliphatic rings. The van der Waals surface area contributed by atoms with Gasteiger partial charge in [0.15, 0.2) is 0 Å². The molecule has 10 nitrogen and oxygen atoms in total. The highest BCUT2D eigenvalue weighted by Gasteiger charge is 2.28. The Morgan fingerprint density at radius 1 is 1.17 bits per heavy atom. The minimum Gasteiger partial charge on any atom is -0.378 e. The quantitative estimate of drug-likeness (QED) is 0.577. The van der Waals surface area contributed by atoms with Crippen LogP contribution in [0.2, 0.25) is 0 Å². The van der Waals surface area contributed by atoms with E-state index in [0.717, 1.165) is 24.6 Å². The molecule has 0 unspecified atom stereocenters. The lowest BCUT2D eigenvalue weighted by Gasteiger charge is -2.29. The molecular formula is C18H30N6O4S. The molecule has 2 fully saturated rings. The fraction of sp³-hybridized carbons (Fsp3) is 0.722. The third-order valence-electron chi connectivity index (χ3n) is 5.18. The van der Waals surface area contributed by atoms with Gasteiger partial charge >= 0.3 is 0 Å². The molecule has 1 aromatic heterocycles. The molecule has 11 heteroatoms. The van der Waals surface area contributed by atoms with Gasteiger partial charge in [-0.15, -0.1) is 0 Å². The number of aryl methyl sites for hydroxylation is 1. The number of sulfonamides is 1. The van der Waals surface area contributed by atoms with Gasteiger partial charge in [0.25, 0.3) is 0 Å². The second-order valence-corrected chi connectivity index (χ2v) is 9.43. The molecule has 162 valence electrons. The van der Waals surface area contributed by atoms with Crippen LogP contribution in [0.25, 0.3) is 0 Å². The molecule has 1 aromatic rings. The van der Waals surface area contributed by atoms with E-state index in [9.17, 15) is 13.2 Å². The van der Waals surface area contributed by atoms with Crippen LogP contribution in [0, 0.1) is 12.8 Å². The summed E-state index contributed by atoms with van der Waals surface area (Å²) in [5.41, 5.74) is 0.880. The maximum Gasteiger partial charge on any atom is 0.224 e. The van der Waals surface area contributed by atoms with Crippen molar-refractivity contribution in [3.05, 3.63) is 11.8 Å². The van der Waals surface area contributed by atoms with E-state index in [1.54, 1.807) is 0 Å². The van der Waals surface area contributed by atoms with Crippen molar-refractivity contribution < 1.29 is 17.9 Å². The summed E-state index contributed by atoms with van der Waals surface area (Å²) in [6.45, 7) is 6.71. The van der Waals surface area contributed by atoms with Gasteiger partial charge in [-0.1, -0.05) is 0 Å². The smallest absolute Gasteiger partial charge is 0.224 e. The summed E-state index contributed by atoms with van der Waals surface area (Å²) in [4.78, 5) is 23.5. The lowest BCUT2D eigenvalue weighted by molar-refractivity contribution is -0.126. The van der Waals surface area contributed by atoms with Crippen LogP contribution in [0.5, 0.6) is 0 Å². The number of aromatic nitrogens is 2. The van der Waals surface area contributed by atoms with Crippen molar-refractivity contribution in [2.75, 3.05) is 69.0 Å². The van der Waals surface area contributed by atoms with Crippen LogP contribution in [0.15, 0.2) is 6.07 Å². The Kier molecular flexibility index (Phi) is 7.25. The molecule has 0 spiro atoms. The second-order valence-electron chi connectivity index (χ2n) is 7.44. The molecule has 0 aliphatic carbocycles. The number of hydrogen-bond donors (Lipinski definition) is 2. The fourth-order valence-corrected chi connectivity index (χ4v) is 4.41. The zero-order valence-corrected chi connectivity index (χ0v) is 17.9. The molecule has 0 bridgehead atoms. The van der Waals surface area contributed by atoms with E-state index in [0.29, 0.717) is 58.2 Å². The SMILES string of the molecule is Cc1cc(N2CCOCC2)nc(NCCNC(=O)C2CCN(S(C)(=O)=O)CC2)n1. The standard InChI is InChI=1S/C18H30N6O4S/c1-14-13-16(23-9-11-28-12-10-23)22-18(21-14)20-6-5-19-17(25)15-3-7-24(8-4-15)29(2,26)27/h13,15H,3-12H2,1-2H3,(H,19,25)(H,20,21,22). The zero-order valence-electron chi connectivity index (χ0n) is 17.1. The minimum absolute atomic E-state index is 0.0286.